The Morgan fingerprint density at radius 2 is 1.60 bits per heavy atom. The van der Waals surface area contributed by atoms with Gasteiger partial charge < -0.3 is 9.47 Å². The Kier molecular flexibility index (Phi) is 9.17. The summed E-state index contributed by atoms with van der Waals surface area (Å²) >= 11 is 16.4. The molecule has 0 bridgehead atoms. The Bertz CT molecular complexity index is 750. The number of carbonyl (C=O) groups is 2. The maximum Gasteiger partial charge on any atom is 0.414 e. The molecule has 1 atom stereocenters. The summed E-state index contributed by atoms with van der Waals surface area (Å²) in [6.07, 6.45) is -9.22. The van der Waals surface area contributed by atoms with Gasteiger partial charge in [-0.2, -0.15) is 13.2 Å². The Hall–Kier alpha value is -0.910. The van der Waals surface area contributed by atoms with E-state index in [0.717, 1.165) is 14.2 Å². The zero-order valence-electron chi connectivity index (χ0n) is 16.0. The molecule has 0 aromatic rings. The fraction of sp³-hybridized carbons (Fsp3) is 0.625. The number of halogens is 8. The van der Waals surface area contributed by atoms with Crippen LogP contribution in [0.5, 0.6) is 0 Å². The Morgan fingerprint density at radius 1 is 1.10 bits per heavy atom. The molecular weight excluding hydrogens is 504 g/mol. The Balaban J connectivity index is 4.13. The minimum absolute atomic E-state index is 0.0833. The van der Waals surface area contributed by atoms with Crippen molar-refractivity contribution >= 4 is 58.7 Å². The predicted molar refractivity (Wildman–Crippen MR) is 103 cm³/mol. The lowest BCUT2D eigenvalue weighted by atomic mass is 9.84. The average Bonchev–Trinajstić information content (AvgIpc) is 2.57. The zero-order valence-corrected chi connectivity index (χ0v) is 19.0. The highest BCUT2D eigenvalue weighted by molar-refractivity contribution is 8.02. The molecule has 0 spiro atoms. The third-order valence-electron chi connectivity index (χ3n) is 3.75. The maximum atomic E-state index is 14.1. The van der Waals surface area contributed by atoms with Crippen LogP contribution in [0.1, 0.15) is 20.3 Å². The first-order chi connectivity index (χ1) is 13.6. The Labute approximate surface area is 188 Å². The van der Waals surface area contributed by atoms with Crippen LogP contribution >= 0.6 is 46.8 Å². The maximum absolute atomic E-state index is 14.1. The second-order valence-corrected chi connectivity index (χ2v) is 10.5. The lowest BCUT2D eigenvalue weighted by Gasteiger charge is -2.42. The van der Waals surface area contributed by atoms with Crippen LogP contribution in [0, 0.1) is 5.92 Å². The van der Waals surface area contributed by atoms with Gasteiger partial charge in [0, 0.05) is 11.9 Å². The van der Waals surface area contributed by atoms with Gasteiger partial charge in [0.2, 0.25) is 0 Å². The molecule has 0 fully saturated rings. The highest BCUT2D eigenvalue weighted by Gasteiger charge is 2.57. The highest BCUT2D eigenvalue weighted by Crippen LogP contribution is 2.52. The van der Waals surface area contributed by atoms with Crippen molar-refractivity contribution in [1.29, 1.82) is 0 Å². The molecule has 0 amide bonds. The number of ether oxygens (including phenoxy) is 2. The number of hydrogen-bond acceptors (Lipinski definition) is 6. The van der Waals surface area contributed by atoms with Crippen LogP contribution < -0.4 is 0 Å². The third kappa shape index (κ3) is 6.30. The number of nitrogens with zero attached hydrogens (tertiary/aromatic N) is 1. The zero-order chi connectivity index (χ0) is 23.6. The number of esters is 2. The first-order valence-corrected chi connectivity index (χ1v) is 10.0. The number of methoxy groups -OCH3 is 2. The van der Waals surface area contributed by atoms with Crippen LogP contribution in [0.15, 0.2) is 22.4 Å². The van der Waals surface area contributed by atoms with Gasteiger partial charge in [0.05, 0.1) is 25.4 Å². The fourth-order valence-corrected chi connectivity index (χ4v) is 4.32. The molecule has 0 aromatic heterocycles. The molecule has 1 rings (SSSR count). The lowest BCUT2D eigenvalue weighted by Crippen LogP contribution is -2.51. The van der Waals surface area contributed by atoms with Crippen molar-refractivity contribution in [3.05, 3.63) is 22.4 Å². The molecule has 14 heteroatoms. The summed E-state index contributed by atoms with van der Waals surface area (Å²) in [5.74, 6) is -3.28. The van der Waals surface area contributed by atoms with Crippen LogP contribution in [0.3, 0.4) is 0 Å². The molecule has 0 aromatic carbocycles. The summed E-state index contributed by atoms with van der Waals surface area (Å²) in [5.41, 5.74) is -3.93. The molecule has 0 saturated heterocycles. The fourth-order valence-electron chi connectivity index (χ4n) is 2.83. The summed E-state index contributed by atoms with van der Waals surface area (Å²) in [4.78, 5) is 24.8. The van der Waals surface area contributed by atoms with Gasteiger partial charge >= 0.3 is 18.1 Å². The first kappa shape index (κ1) is 27.1. The summed E-state index contributed by atoms with van der Waals surface area (Å²) in [6, 6.07) is -2.98. The van der Waals surface area contributed by atoms with Crippen molar-refractivity contribution in [2.75, 3.05) is 14.2 Å². The quantitative estimate of drug-likeness (QED) is 0.202. The monoisotopic (exact) mass is 519 g/mol. The smallest absolute Gasteiger partial charge is 0.414 e. The van der Waals surface area contributed by atoms with Crippen molar-refractivity contribution in [3.63, 3.8) is 0 Å². The lowest BCUT2D eigenvalue weighted by molar-refractivity contribution is -0.166. The van der Waals surface area contributed by atoms with Crippen molar-refractivity contribution in [1.82, 2.24) is 4.31 Å². The van der Waals surface area contributed by atoms with Gasteiger partial charge in [-0.1, -0.05) is 48.7 Å². The molecule has 0 aliphatic carbocycles. The number of alkyl halides is 8. The summed E-state index contributed by atoms with van der Waals surface area (Å²) in [5, 5.41) is 0. The van der Waals surface area contributed by atoms with Crippen molar-refractivity contribution < 1.29 is 41.0 Å². The van der Waals surface area contributed by atoms with E-state index in [1.54, 1.807) is 13.8 Å². The van der Waals surface area contributed by atoms with Crippen LogP contribution in [0.4, 0.5) is 22.0 Å². The number of rotatable bonds is 6. The summed E-state index contributed by atoms with van der Waals surface area (Å²) in [6.45, 7) is 3.12. The minimum Gasteiger partial charge on any atom is -0.466 e. The van der Waals surface area contributed by atoms with Crippen molar-refractivity contribution in [3.8, 4) is 0 Å². The molecule has 1 aliphatic rings. The molecule has 172 valence electrons. The number of allylic oxidation sites excluding steroid dienone is 1. The predicted octanol–water partition coefficient (Wildman–Crippen LogP) is 5.42. The van der Waals surface area contributed by atoms with E-state index in [1.165, 1.54) is 0 Å². The van der Waals surface area contributed by atoms with Gasteiger partial charge in [-0.05, 0) is 17.9 Å². The van der Waals surface area contributed by atoms with E-state index in [0.29, 0.717) is 0 Å². The SMILES string of the molecule is COC(=O)C1=C(C(F)F)N(SC(Cl)(Cl)Cl)C(C(F)(F)F)C(C(=O)OC)=C1CC(C)C. The van der Waals surface area contributed by atoms with Crippen molar-refractivity contribution in [2.24, 2.45) is 5.92 Å². The molecule has 0 saturated carbocycles. The average molecular weight is 521 g/mol. The molecule has 0 radical (unpaired) electrons. The minimum atomic E-state index is -5.28. The van der Waals surface area contributed by atoms with Gasteiger partial charge in [-0.3, -0.25) is 4.31 Å². The standard InChI is InChI=1S/C16H17Cl3F5NO4S/c1-6(2)5-7-8(13(26)28-3)10(12(20)21)25(30-16(17,18)19)11(15(22,23)24)9(7)14(27)29-4/h6,11-12H,5H2,1-4H3. The van der Waals surface area contributed by atoms with Crippen LogP contribution in [-0.2, 0) is 19.1 Å². The van der Waals surface area contributed by atoms with E-state index in [4.69, 9.17) is 34.8 Å². The van der Waals surface area contributed by atoms with Gasteiger partial charge in [0.1, 0.15) is 5.70 Å². The molecule has 5 nitrogen and oxygen atoms in total. The Morgan fingerprint density at radius 3 is 1.93 bits per heavy atom. The summed E-state index contributed by atoms with van der Waals surface area (Å²) in [7, 11) is 1.66. The van der Waals surface area contributed by atoms with E-state index in [9.17, 15) is 31.5 Å². The topological polar surface area (TPSA) is 55.8 Å². The van der Waals surface area contributed by atoms with E-state index in [1.807, 2.05) is 0 Å². The highest BCUT2D eigenvalue weighted by atomic mass is 35.6. The van der Waals surface area contributed by atoms with Gasteiger partial charge in [0.25, 0.3) is 9.55 Å². The van der Waals surface area contributed by atoms with Gasteiger partial charge in [-0.15, -0.1) is 0 Å². The second-order valence-electron chi connectivity index (χ2n) is 6.34. The molecule has 1 heterocycles. The van der Waals surface area contributed by atoms with E-state index in [-0.39, 0.29) is 22.7 Å². The van der Waals surface area contributed by atoms with Crippen molar-refractivity contribution in [2.45, 2.75) is 42.0 Å². The summed E-state index contributed by atoms with van der Waals surface area (Å²) < 4.78 is 76.6. The van der Waals surface area contributed by atoms with Crippen LogP contribution in [0.25, 0.3) is 0 Å². The van der Waals surface area contributed by atoms with Crippen LogP contribution in [-0.4, -0.2) is 52.2 Å². The van der Waals surface area contributed by atoms with E-state index >= 15 is 0 Å². The van der Waals surface area contributed by atoms with Gasteiger partial charge in [-0.25, -0.2) is 18.4 Å². The molecule has 0 N–H and O–H groups in total. The molecule has 30 heavy (non-hydrogen) atoms. The third-order valence-corrected chi connectivity index (χ3v) is 5.19. The van der Waals surface area contributed by atoms with Gasteiger partial charge in [0.15, 0.2) is 6.04 Å². The van der Waals surface area contributed by atoms with E-state index < -0.39 is 62.0 Å². The van der Waals surface area contributed by atoms with E-state index in [2.05, 4.69) is 9.47 Å². The molecule has 1 aliphatic heterocycles. The first-order valence-electron chi connectivity index (χ1n) is 8.10. The number of carbonyl (C=O) groups excluding carboxylic acids is 2. The molecule has 1 unspecified atom stereocenters. The second kappa shape index (κ2) is 10.1. The largest absolute Gasteiger partial charge is 0.466 e. The van der Waals surface area contributed by atoms with Crippen LogP contribution in [0.2, 0.25) is 0 Å². The molecular formula is C16H17Cl3F5NO4S. The number of hydrogen-bond donors (Lipinski definition) is 0. The normalized spacial score (nSPS) is 18.5.